The second kappa shape index (κ2) is 14.7. The molecule has 260 valence electrons. The maximum Gasteiger partial charge on any atom is 0.387 e. The van der Waals surface area contributed by atoms with Gasteiger partial charge in [0.05, 0.1) is 17.2 Å². The van der Waals surface area contributed by atoms with Crippen molar-refractivity contribution in [2.24, 2.45) is 13.0 Å². The van der Waals surface area contributed by atoms with Gasteiger partial charge in [-0.1, -0.05) is 41.4 Å². The number of carbonyl (C=O) groups is 1. The van der Waals surface area contributed by atoms with Crippen LogP contribution in [0.2, 0.25) is 10.0 Å². The summed E-state index contributed by atoms with van der Waals surface area (Å²) in [6.45, 7) is -2.78. The van der Waals surface area contributed by atoms with Gasteiger partial charge in [-0.25, -0.2) is 13.2 Å². The average Bonchev–Trinajstić information content (AvgIpc) is 3.55. The van der Waals surface area contributed by atoms with Crippen LogP contribution >= 0.6 is 35.0 Å². The number of pyridine rings is 1. The van der Waals surface area contributed by atoms with Crippen molar-refractivity contribution in [1.82, 2.24) is 14.1 Å². The van der Waals surface area contributed by atoms with E-state index in [0.29, 0.717) is 21.7 Å². The average molecular weight is 756 g/mol. The van der Waals surface area contributed by atoms with Gasteiger partial charge in [-0.3, -0.25) is 4.68 Å². The van der Waals surface area contributed by atoms with E-state index >= 15 is 0 Å². The number of esters is 1. The Labute approximate surface area is 295 Å². The maximum atomic E-state index is 13.9. The molecule has 1 aliphatic carbocycles. The first-order valence-electron chi connectivity index (χ1n) is 15.1. The number of benzene rings is 2. The van der Waals surface area contributed by atoms with E-state index in [1.165, 1.54) is 30.3 Å². The van der Waals surface area contributed by atoms with Crippen molar-refractivity contribution in [3.8, 4) is 22.8 Å². The molecule has 0 N–H and O–H groups in total. The van der Waals surface area contributed by atoms with Crippen molar-refractivity contribution in [3.05, 3.63) is 93.5 Å². The fraction of sp³-hybridized carbons (Fsp3) is 0.344. The first kappa shape index (κ1) is 35.2. The third-order valence-corrected chi connectivity index (χ3v) is 11.8. The van der Waals surface area contributed by atoms with E-state index in [1.54, 1.807) is 36.1 Å². The third kappa shape index (κ3) is 8.23. The summed E-state index contributed by atoms with van der Waals surface area (Å²) in [6, 6.07) is 12.1. The van der Waals surface area contributed by atoms with E-state index < -0.39 is 34.1 Å². The molecule has 1 aliphatic heterocycles. The summed E-state index contributed by atoms with van der Waals surface area (Å²) in [4.78, 5) is 13.8. The molecule has 0 bridgehead atoms. The first-order chi connectivity index (χ1) is 23.4. The Morgan fingerprint density at radius 3 is 2.45 bits per heavy atom. The summed E-state index contributed by atoms with van der Waals surface area (Å²) in [5.74, 6) is -0.436. The summed E-state index contributed by atoms with van der Waals surface area (Å²) < 4.78 is 73.7. The van der Waals surface area contributed by atoms with E-state index in [0.717, 1.165) is 46.9 Å². The minimum atomic E-state index is -4.14. The third-order valence-electron chi connectivity index (χ3n) is 7.95. The zero-order valence-electron chi connectivity index (χ0n) is 25.9. The van der Waals surface area contributed by atoms with Gasteiger partial charge >= 0.3 is 12.6 Å². The Bertz CT molecular complexity index is 1920. The molecule has 11 nitrogen and oxygen atoms in total. The summed E-state index contributed by atoms with van der Waals surface area (Å²) in [6.07, 6.45) is 4.55. The Hall–Kier alpha value is -3.63. The number of hydrogen-bond acceptors (Lipinski definition) is 9. The van der Waals surface area contributed by atoms with Gasteiger partial charge in [0, 0.05) is 43.1 Å². The maximum absolute atomic E-state index is 13.9. The molecular weight excluding hydrogens is 725 g/mol. The molecule has 0 unspecified atom stereocenters. The Morgan fingerprint density at radius 2 is 1.82 bits per heavy atom. The van der Waals surface area contributed by atoms with Gasteiger partial charge in [-0.2, -0.15) is 22.9 Å². The number of hydrogen-bond donors (Lipinski definition) is 0. The largest absolute Gasteiger partial charge is 0.619 e. The highest BCUT2D eigenvalue weighted by Gasteiger charge is 2.42. The number of aryl methyl sites for hydroxylation is 1. The van der Waals surface area contributed by atoms with Crippen LogP contribution in [0.1, 0.15) is 30.1 Å². The predicted molar refractivity (Wildman–Crippen MR) is 178 cm³/mol. The molecule has 2 aromatic carbocycles. The zero-order valence-corrected chi connectivity index (χ0v) is 29.0. The summed E-state index contributed by atoms with van der Waals surface area (Å²) in [7, 11) is -2.36. The monoisotopic (exact) mass is 754 g/mol. The second-order valence-corrected chi connectivity index (χ2v) is 15.4. The first-order valence-corrected chi connectivity index (χ1v) is 18.4. The van der Waals surface area contributed by atoms with E-state index in [1.807, 2.05) is 0 Å². The van der Waals surface area contributed by atoms with Crippen molar-refractivity contribution < 1.29 is 40.9 Å². The Morgan fingerprint density at radius 1 is 1.10 bits per heavy atom. The van der Waals surface area contributed by atoms with Gasteiger partial charge in [0.15, 0.2) is 29.3 Å². The van der Waals surface area contributed by atoms with E-state index in [2.05, 4.69) is 9.84 Å². The molecule has 17 heteroatoms. The molecule has 6 rings (SSSR count). The molecule has 1 saturated carbocycles. The van der Waals surface area contributed by atoms with Gasteiger partial charge in [-0.15, -0.1) is 11.8 Å². The standard InChI is InChI=1S/C32H30Cl2F2N4O7S2/c1-38-11-10-26(37-38)20-4-7-22(8-5-20)49(43,44)40-12-13-48-30(40)31(41)46-28(15-23-24(33)16-39(42)17-25(23)34)21-6-9-27(47-32(35)36)29(14-21)45-18-19-2-3-19/h4-11,14,16-17,19,28,30,32H,2-3,12-13,15,18H2,1H3/t28-,30-/m0/s1. The molecule has 0 spiro atoms. The van der Waals surface area contributed by atoms with Crippen LogP contribution in [0.15, 0.2) is 72.0 Å². The molecule has 0 radical (unpaired) electrons. The SMILES string of the molecule is Cn1ccc(-c2ccc(S(=O)(=O)N3CCS[C@H]3C(=O)O[C@@H](Cc3c(Cl)c[n+]([O-])cc3Cl)c3ccc(OC(F)F)c(OCC4CC4)c3)cc2)n1. The van der Waals surface area contributed by atoms with Crippen LogP contribution in [0.4, 0.5) is 8.78 Å². The molecule has 3 heterocycles. The predicted octanol–water partition coefficient (Wildman–Crippen LogP) is 6.01. The van der Waals surface area contributed by atoms with Crippen molar-refractivity contribution in [1.29, 1.82) is 0 Å². The number of sulfonamides is 1. The van der Waals surface area contributed by atoms with Gasteiger partial charge in [0.1, 0.15) is 16.1 Å². The van der Waals surface area contributed by atoms with Crippen LogP contribution in [-0.2, 0) is 33.0 Å². The number of carbonyl (C=O) groups excluding carboxylic acids is 1. The van der Waals surface area contributed by atoms with Crippen LogP contribution in [0.3, 0.4) is 0 Å². The molecule has 2 aromatic heterocycles. The highest BCUT2D eigenvalue weighted by Crippen LogP contribution is 2.39. The van der Waals surface area contributed by atoms with Crippen molar-refractivity contribution in [2.45, 2.75) is 42.2 Å². The highest BCUT2D eigenvalue weighted by molar-refractivity contribution is 8.02. The lowest BCUT2D eigenvalue weighted by Crippen LogP contribution is -2.40. The number of ether oxygens (including phenoxy) is 3. The molecule has 2 aliphatic rings. The van der Waals surface area contributed by atoms with Gasteiger partial charge in [-0.05, 0) is 54.7 Å². The minimum absolute atomic E-state index is 0.00000460. The van der Waals surface area contributed by atoms with Crippen molar-refractivity contribution in [2.75, 3.05) is 18.9 Å². The van der Waals surface area contributed by atoms with E-state index in [4.69, 9.17) is 32.7 Å². The van der Waals surface area contributed by atoms with Crippen LogP contribution < -0.4 is 14.2 Å². The molecule has 49 heavy (non-hydrogen) atoms. The van der Waals surface area contributed by atoms with E-state index in [9.17, 15) is 27.2 Å². The molecular formula is C32H30Cl2F2N4O7S2. The van der Waals surface area contributed by atoms with Crippen LogP contribution in [-0.4, -0.2) is 59.4 Å². The lowest BCUT2D eigenvalue weighted by Gasteiger charge is -2.26. The summed E-state index contributed by atoms with van der Waals surface area (Å²) >= 11 is 13.8. The fourth-order valence-corrected chi connectivity index (χ4v) is 8.89. The van der Waals surface area contributed by atoms with Crippen molar-refractivity contribution in [3.63, 3.8) is 0 Å². The molecule has 4 aromatic rings. The normalized spacial score (nSPS) is 17.3. The molecule has 0 amide bonds. The minimum Gasteiger partial charge on any atom is -0.619 e. The van der Waals surface area contributed by atoms with Gasteiger partial charge in [0.25, 0.3) is 0 Å². The number of nitrogens with zero attached hydrogens (tertiary/aromatic N) is 4. The smallest absolute Gasteiger partial charge is 0.387 e. The lowest BCUT2D eigenvalue weighted by atomic mass is 10.0. The van der Waals surface area contributed by atoms with Crippen molar-refractivity contribution >= 4 is 51.0 Å². The number of aromatic nitrogens is 3. The Balaban J connectivity index is 1.28. The van der Waals surface area contributed by atoms with Gasteiger partial charge in [0.2, 0.25) is 10.0 Å². The van der Waals surface area contributed by atoms with Crippen LogP contribution in [0, 0.1) is 11.1 Å². The number of alkyl halides is 2. The van der Waals surface area contributed by atoms with Crippen LogP contribution in [0.25, 0.3) is 11.3 Å². The second-order valence-electron chi connectivity index (χ2n) is 11.5. The quantitative estimate of drug-likeness (QED) is 0.0917. The number of halogens is 4. The summed E-state index contributed by atoms with van der Waals surface area (Å²) in [5, 5.41) is 15.0. The molecule has 1 saturated heterocycles. The number of rotatable bonds is 13. The fourth-order valence-electron chi connectivity index (χ4n) is 5.25. The van der Waals surface area contributed by atoms with Crippen LogP contribution in [0.5, 0.6) is 11.5 Å². The molecule has 2 atom stereocenters. The summed E-state index contributed by atoms with van der Waals surface area (Å²) in [5.41, 5.74) is 1.99. The lowest BCUT2D eigenvalue weighted by molar-refractivity contribution is -0.605. The van der Waals surface area contributed by atoms with Gasteiger partial charge < -0.3 is 19.4 Å². The highest BCUT2D eigenvalue weighted by atomic mass is 35.5. The van der Waals surface area contributed by atoms with E-state index in [-0.39, 0.29) is 57.5 Å². The molecule has 2 fully saturated rings. The zero-order chi connectivity index (χ0) is 34.9. The topological polar surface area (TPSA) is 127 Å². The number of thioether (sulfide) groups is 1. The Kier molecular flexibility index (Phi) is 10.6.